The number of carboxylic acids is 1. The molecule has 17 heavy (non-hydrogen) atoms. The number of hydrogen-bond acceptors (Lipinski definition) is 4. The van der Waals surface area contributed by atoms with E-state index in [1.54, 1.807) is 0 Å². The number of aliphatic carboxylic acids is 1. The molecule has 1 atom stereocenters. The van der Waals surface area contributed by atoms with Gasteiger partial charge in [0.15, 0.2) is 5.60 Å². The van der Waals surface area contributed by atoms with Crippen LogP contribution >= 0.6 is 0 Å². The average molecular weight is 244 g/mol. The summed E-state index contributed by atoms with van der Waals surface area (Å²) in [7, 11) is 0. The zero-order valence-corrected chi connectivity index (χ0v) is 10.0. The molecule has 0 aromatic carbocycles. The Hall–Kier alpha value is -0.650. The van der Waals surface area contributed by atoms with E-state index in [1.165, 1.54) is 0 Å². The lowest BCUT2D eigenvalue weighted by Crippen LogP contribution is -2.48. The molecule has 1 unspecified atom stereocenters. The molecule has 98 valence electrons. The van der Waals surface area contributed by atoms with Crippen LogP contribution in [0.4, 0.5) is 0 Å². The first kappa shape index (κ1) is 12.8. The van der Waals surface area contributed by atoms with Crippen molar-refractivity contribution in [3.63, 3.8) is 0 Å². The van der Waals surface area contributed by atoms with Crippen molar-refractivity contribution < 1.29 is 24.1 Å². The van der Waals surface area contributed by atoms with E-state index in [4.69, 9.17) is 14.2 Å². The van der Waals surface area contributed by atoms with Gasteiger partial charge in [0.2, 0.25) is 0 Å². The molecule has 2 saturated heterocycles. The quantitative estimate of drug-likeness (QED) is 0.805. The highest BCUT2D eigenvalue weighted by Crippen LogP contribution is 2.27. The average Bonchev–Trinajstić information content (AvgIpc) is 2.38. The van der Waals surface area contributed by atoms with Gasteiger partial charge in [-0.2, -0.15) is 0 Å². The van der Waals surface area contributed by atoms with Gasteiger partial charge in [-0.25, -0.2) is 4.79 Å². The van der Waals surface area contributed by atoms with Gasteiger partial charge >= 0.3 is 5.97 Å². The molecule has 2 fully saturated rings. The zero-order valence-electron chi connectivity index (χ0n) is 10.0. The van der Waals surface area contributed by atoms with Gasteiger partial charge in [0, 0.05) is 32.7 Å². The molecule has 5 nitrogen and oxygen atoms in total. The third kappa shape index (κ3) is 3.18. The number of hydrogen-bond donors (Lipinski definition) is 1. The van der Waals surface area contributed by atoms with Crippen LogP contribution in [0.25, 0.3) is 0 Å². The van der Waals surface area contributed by atoms with Crippen molar-refractivity contribution in [2.45, 2.75) is 43.8 Å². The van der Waals surface area contributed by atoms with Gasteiger partial charge in [0.05, 0.1) is 12.7 Å². The Kier molecular flexibility index (Phi) is 4.36. The van der Waals surface area contributed by atoms with Crippen LogP contribution in [-0.4, -0.2) is 49.2 Å². The predicted molar refractivity (Wildman–Crippen MR) is 60.0 cm³/mol. The van der Waals surface area contributed by atoms with Gasteiger partial charge in [0.1, 0.15) is 0 Å². The van der Waals surface area contributed by atoms with Gasteiger partial charge < -0.3 is 19.3 Å². The van der Waals surface area contributed by atoms with Crippen LogP contribution in [0.5, 0.6) is 0 Å². The third-order valence-corrected chi connectivity index (χ3v) is 3.51. The Balaban J connectivity index is 1.86. The molecule has 2 aliphatic heterocycles. The summed E-state index contributed by atoms with van der Waals surface area (Å²) < 4.78 is 16.4. The third-order valence-electron chi connectivity index (χ3n) is 3.51. The molecule has 0 amide bonds. The zero-order chi connectivity index (χ0) is 12.1. The standard InChI is InChI=1S/C12H20O5/c13-11(14)12(4-7-15-8-5-12)17-9-10-3-1-2-6-16-10/h10H,1-9H2,(H,13,14). The lowest BCUT2D eigenvalue weighted by molar-refractivity contribution is -0.186. The first-order chi connectivity index (χ1) is 8.23. The minimum absolute atomic E-state index is 0.0582. The highest BCUT2D eigenvalue weighted by atomic mass is 16.6. The fourth-order valence-electron chi connectivity index (χ4n) is 2.31. The molecule has 0 aliphatic carbocycles. The largest absolute Gasteiger partial charge is 0.479 e. The van der Waals surface area contributed by atoms with Crippen LogP contribution < -0.4 is 0 Å². The van der Waals surface area contributed by atoms with Gasteiger partial charge in [-0.05, 0) is 19.3 Å². The highest BCUT2D eigenvalue weighted by Gasteiger charge is 2.42. The van der Waals surface area contributed by atoms with Crippen molar-refractivity contribution in [2.24, 2.45) is 0 Å². The molecule has 2 aliphatic rings. The molecule has 0 radical (unpaired) electrons. The van der Waals surface area contributed by atoms with Crippen molar-refractivity contribution in [3.8, 4) is 0 Å². The first-order valence-corrected chi connectivity index (χ1v) is 6.30. The van der Waals surface area contributed by atoms with Gasteiger partial charge in [0.25, 0.3) is 0 Å². The summed E-state index contributed by atoms with van der Waals surface area (Å²) in [5, 5.41) is 9.30. The molecule has 0 bridgehead atoms. The molecule has 1 N–H and O–H groups in total. The number of rotatable bonds is 4. The molecule has 2 rings (SSSR count). The van der Waals surface area contributed by atoms with E-state index in [2.05, 4.69) is 0 Å². The molecule has 2 heterocycles. The minimum atomic E-state index is -1.06. The molecule has 0 aromatic rings. The molecule has 0 spiro atoms. The Morgan fingerprint density at radius 1 is 1.29 bits per heavy atom. The predicted octanol–water partition coefficient (Wildman–Crippen LogP) is 1.21. The Labute approximate surface area is 101 Å². The summed E-state index contributed by atoms with van der Waals surface area (Å²) in [5.74, 6) is -0.878. The van der Waals surface area contributed by atoms with E-state index in [0.29, 0.717) is 32.7 Å². The summed E-state index contributed by atoms with van der Waals surface area (Å²) >= 11 is 0. The molecular weight excluding hydrogens is 224 g/mol. The lowest BCUT2D eigenvalue weighted by Gasteiger charge is -2.34. The van der Waals surface area contributed by atoms with Crippen LogP contribution in [0.15, 0.2) is 0 Å². The van der Waals surface area contributed by atoms with Crippen molar-refractivity contribution in [1.29, 1.82) is 0 Å². The smallest absolute Gasteiger partial charge is 0.336 e. The Bertz CT molecular complexity index is 254. The normalized spacial score (nSPS) is 28.8. The molecule has 0 aromatic heterocycles. The van der Waals surface area contributed by atoms with E-state index >= 15 is 0 Å². The van der Waals surface area contributed by atoms with Crippen LogP contribution in [-0.2, 0) is 19.0 Å². The summed E-state index contributed by atoms with van der Waals surface area (Å²) in [5.41, 5.74) is -1.06. The minimum Gasteiger partial charge on any atom is -0.479 e. The second kappa shape index (κ2) is 5.80. The fourth-order valence-corrected chi connectivity index (χ4v) is 2.31. The first-order valence-electron chi connectivity index (χ1n) is 6.30. The van der Waals surface area contributed by atoms with Crippen molar-refractivity contribution >= 4 is 5.97 Å². The Morgan fingerprint density at radius 3 is 2.65 bits per heavy atom. The van der Waals surface area contributed by atoms with Crippen LogP contribution in [0.3, 0.4) is 0 Å². The van der Waals surface area contributed by atoms with Gasteiger partial charge in [-0.1, -0.05) is 0 Å². The SMILES string of the molecule is O=C(O)C1(OCC2CCCCO2)CCOCC1. The van der Waals surface area contributed by atoms with E-state index in [0.717, 1.165) is 25.9 Å². The maximum absolute atomic E-state index is 11.3. The van der Waals surface area contributed by atoms with Crippen molar-refractivity contribution in [3.05, 3.63) is 0 Å². The molecular formula is C12H20O5. The van der Waals surface area contributed by atoms with Crippen molar-refractivity contribution in [2.75, 3.05) is 26.4 Å². The summed E-state index contributed by atoms with van der Waals surface area (Å²) in [6.07, 6.45) is 4.10. The molecule has 0 saturated carbocycles. The number of carboxylic acid groups (broad SMARTS) is 1. The monoisotopic (exact) mass is 244 g/mol. The number of carbonyl (C=O) groups is 1. The van der Waals surface area contributed by atoms with E-state index in [9.17, 15) is 9.90 Å². The summed E-state index contributed by atoms with van der Waals surface area (Å²) in [4.78, 5) is 11.3. The molecule has 5 heteroatoms. The van der Waals surface area contributed by atoms with E-state index in [-0.39, 0.29) is 6.10 Å². The van der Waals surface area contributed by atoms with E-state index in [1.807, 2.05) is 0 Å². The number of ether oxygens (including phenoxy) is 3. The fraction of sp³-hybridized carbons (Fsp3) is 0.917. The van der Waals surface area contributed by atoms with Crippen LogP contribution in [0, 0.1) is 0 Å². The van der Waals surface area contributed by atoms with Crippen LogP contribution in [0.2, 0.25) is 0 Å². The second-order valence-corrected chi connectivity index (χ2v) is 4.71. The topological polar surface area (TPSA) is 65.0 Å². The van der Waals surface area contributed by atoms with Crippen LogP contribution in [0.1, 0.15) is 32.1 Å². The van der Waals surface area contributed by atoms with Gasteiger partial charge in [-0.15, -0.1) is 0 Å². The maximum Gasteiger partial charge on any atom is 0.336 e. The maximum atomic E-state index is 11.3. The summed E-state index contributed by atoms with van der Waals surface area (Å²) in [6.45, 7) is 2.05. The second-order valence-electron chi connectivity index (χ2n) is 4.71. The van der Waals surface area contributed by atoms with E-state index < -0.39 is 11.6 Å². The van der Waals surface area contributed by atoms with Gasteiger partial charge in [-0.3, -0.25) is 0 Å². The highest BCUT2D eigenvalue weighted by molar-refractivity contribution is 5.77. The lowest BCUT2D eigenvalue weighted by atomic mass is 9.94. The Morgan fingerprint density at radius 2 is 2.06 bits per heavy atom. The van der Waals surface area contributed by atoms with Crippen molar-refractivity contribution in [1.82, 2.24) is 0 Å². The summed E-state index contributed by atoms with van der Waals surface area (Å²) in [6, 6.07) is 0.